The maximum atomic E-state index is 12.8. The first-order valence-corrected chi connectivity index (χ1v) is 9.36. The number of imide groups is 1. The largest absolute Gasteiger partial charge is 0.384 e. The highest BCUT2D eigenvalue weighted by molar-refractivity contribution is 7.15. The maximum Gasteiger partial charge on any atom is 0.262 e. The summed E-state index contributed by atoms with van der Waals surface area (Å²) in [6.45, 7) is 1.92. The van der Waals surface area contributed by atoms with Gasteiger partial charge < -0.3 is 5.73 Å². The molecule has 1 aromatic carbocycles. The van der Waals surface area contributed by atoms with E-state index in [1.807, 2.05) is 6.92 Å². The molecule has 0 fully saturated rings. The highest BCUT2D eigenvalue weighted by atomic mass is 32.1. The third-order valence-corrected chi connectivity index (χ3v) is 5.32. The van der Waals surface area contributed by atoms with Gasteiger partial charge in [0, 0.05) is 6.07 Å². The number of rotatable bonds is 4. The molecule has 3 amide bonds. The predicted molar refractivity (Wildman–Crippen MR) is 105 cm³/mol. The van der Waals surface area contributed by atoms with E-state index in [0.717, 1.165) is 15.6 Å². The van der Waals surface area contributed by atoms with Crippen molar-refractivity contribution in [2.45, 2.75) is 13.3 Å². The summed E-state index contributed by atoms with van der Waals surface area (Å²) >= 11 is 1.24. The van der Waals surface area contributed by atoms with E-state index >= 15 is 0 Å². The summed E-state index contributed by atoms with van der Waals surface area (Å²) in [5.41, 5.74) is 5.54. The summed E-state index contributed by atoms with van der Waals surface area (Å²) in [6.07, 6.45) is 0.686. The molecule has 0 radical (unpaired) electrons. The van der Waals surface area contributed by atoms with Gasteiger partial charge in [-0.25, -0.2) is 0 Å². The minimum absolute atomic E-state index is 0.0864. The van der Waals surface area contributed by atoms with Gasteiger partial charge in [-0.1, -0.05) is 30.4 Å². The van der Waals surface area contributed by atoms with Gasteiger partial charge in [0.05, 0.1) is 22.4 Å². The Hall–Kier alpha value is -3.86. The van der Waals surface area contributed by atoms with Crippen molar-refractivity contribution in [3.05, 3.63) is 62.4 Å². The lowest BCUT2D eigenvalue weighted by Gasteiger charge is -2.15. The number of carbonyl (C=O) groups is 3. The number of anilines is 2. The second-order valence-corrected chi connectivity index (χ2v) is 7.16. The number of nitrogen functional groups attached to an aromatic ring is 1. The SMILES string of the molecule is CCc1nnc(NC(=O)c2ccccc2-n2c(N)c3c(cc2=O)C(=O)NC3=O)s1. The van der Waals surface area contributed by atoms with Gasteiger partial charge in [-0.15, -0.1) is 10.2 Å². The van der Waals surface area contributed by atoms with Gasteiger partial charge in [0.15, 0.2) is 0 Å². The first-order valence-electron chi connectivity index (χ1n) is 8.55. The van der Waals surface area contributed by atoms with Gasteiger partial charge in [0.1, 0.15) is 10.8 Å². The molecule has 10 nitrogen and oxygen atoms in total. The fourth-order valence-corrected chi connectivity index (χ4v) is 3.67. The van der Waals surface area contributed by atoms with Crippen molar-refractivity contribution in [1.82, 2.24) is 20.1 Å². The zero-order chi connectivity index (χ0) is 20.7. The lowest BCUT2D eigenvalue weighted by Crippen LogP contribution is -2.26. The third kappa shape index (κ3) is 3.06. The van der Waals surface area contributed by atoms with Crippen LogP contribution < -0.4 is 21.9 Å². The summed E-state index contributed by atoms with van der Waals surface area (Å²) in [5, 5.41) is 13.7. The van der Waals surface area contributed by atoms with E-state index in [1.54, 1.807) is 12.1 Å². The van der Waals surface area contributed by atoms with E-state index in [-0.39, 0.29) is 28.2 Å². The van der Waals surface area contributed by atoms with Gasteiger partial charge >= 0.3 is 0 Å². The van der Waals surface area contributed by atoms with Crippen LogP contribution in [0.2, 0.25) is 0 Å². The molecule has 0 saturated carbocycles. The molecule has 0 spiro atoms. The smallest absolute Gasteiger partial charge is 0.262 e. The fourth-order valence-electron chi connectivity index (χ4n) is 3.00. The average Bonchev–Trinajstić information content (AvgIpc) is 3.26. The zero-order valence-corrected chi connectivity index (χ0v) is 15.9. The number of aryl methyl sites for hydroxylation is 1. The van der Waals surface area contributed by atoms with E-state index < -0.39 is 23.3 Å². The minimum Gasteiger partial charge on any atom is -0.384 e. The van der Waals surface area contributed by atoms with Gasteiger partial charge in [-0.2, -0.15) is 0 Å². The Bertz CT molecular complexity index is 1250. The van der Waals surface area contributed by atoms with Crippen LogP contribution in [0.4, 0.5) is 10.9 Å². The summed E-state index contributed by atoms with van der Waals surface area (Å²) in [5.74, 6) is -2.12. The van der Waals surface area contributed by atoms with Crippen molar-refractivity contribution in [2.24, 2.45) is 0 Å². The number of aromatic nitrogens is 3. The Balaban J connectivity index is 1.81. The Morgan fingerprint density at radius 1 is 1.21 bits per heavy atom. The maximum absolute atomic E-state index is 12.8. The monoisotopic (exact) mass is 410 g/mol. The summed E-state index contributed by atoms with van der Waals surface area (Å²) in [6, 6.07) is 7.30. The van der Waals surface area contributed by atoms with Crippen molar-refractivity contribution in [1.29, 1.82) is 0 Å². The number of nitrogens with zero attached hydrogens (tertiary/aromatic N) is 3. The van der Waals surface area contributed by atoms with Crippen LogP contribution in [-0.4, -0.2) is 32.5 Å². The van der Waals surface area contributed by atoms with Crippen molar-refractivity contribution in [2.75, 3.05) is 11.1 Å². The molecule has 0 unspecified atom stereocenters. The van der Waals surface area contributed by atoms with Crippen LogP contribution in [0.15, 0.2) is 35.1 Å². The first-order chi connectivity index (χ1) is 13.9. The number of fused-ring (bicyclic) bond motifs is 1. The van der Waals surface area contributed by atoms with Crippen LogP contribution in [0.1, 0.15) is 43.0 Å². The molecule has 1 aliphatic heterocycles. The van der Waals surface area contributed by atoms with Gasteiger partial charge in [0.25, 0.3) is 23.3 Å². The third-order valence-electron chi connectivity index (χ3n) is 4.33. The van der Waals surface area contributed by atoms with Crippen LogP contribution in [0.5, 0.6) is 0 Å². The Morgan fingerprint density at radius 3 is 2.69 bits per heavy atom. The van der Waals surface area contributed by atoms with Gasteiger partial charge in [-0.3, -0.25) is 34.4 Å². The van der Waals surface area contributed by atoms with Crippen molar-refractivity contribution in [3.63, 3.8) is 0 Å². The molecule has 146 valence electrons. The molecule has 0 aliphatic carbocycles. The quantitative estimate of drug-likeness (QED) is 0.543. The Morgan fingerprint density at radius 2 is 1.97 bits per heavy atom. The molecule has 0 saturated heterocycles. The van der Waals surface area contributed by atoms with Crippen LogP contribution >= 0.6 is 11.3 Å². The average molecular weight is 410 g/mol. The summed E-state index contributed by atoms with van der Waals surface area (Å²) in [7, 11) is 0. The van der Waals surface area contributed by atoms with Crippen LogP contribution in [-0.2, 0) is 6.42 Å². The van der Waals surface area contributed by atoms with Crippen LogP contribution in [0, 0.1) is 0 Å². The number of nitrogens with two attached hydrogens (primary N) is 1. The number of hydrogen-bond donors (Lipinski definition) is 3. The number of pyridine rings is 1. The standard InChI is InChI=1S/C18H14N6O4S/c1-2-11-22-23-18(29-11)21-15(26)8-5-3-4-6-10(8)24-12(25)7-9-13(14(24)19)17(28)20-16(9)27/h3-7H,2,19H2,1H3,(H,20,27,28)(H,21,23,26). The van der Waals surface area contributed by atoms with E-state index in [1.165, 1.54) is 23.5 Å². The molecule has 2 aromatic heterocycles. The summed E-state index contributed by atoms with van der Waals surface area (Å²) in [4.78, 5) is 49.4. The number of carbonyl (C=O) groups excluding carboxylic acids is 3. The van der Waals surface area contributed by atoms with E-state index in [0.29, 0.717) is 11.6 Å². The molecule has 11 heteroatoms. The lowest BCUT2D eigenvalue weighted by atomic mass is 10.1. The summed E-state index contributed by atoms with van der Waals surface area (Å²) < 4.78 is 1.03. The number of hydrogen-bond acceptors (Lipinski definition) is 8. The fraction of sp³-hybridized carbons (Fsp3) is 0.111. The van der Waals surface area contributed by atoms with Crippen LogP contribution in [0.25, 0.3) is 5.69 Å². The highest BCUT2D eigenvalue weighted by Gasteiger charge is 2.32. The second-order valence-electron chi connectivity index (χ2n) is 6.10. The number of para-hydroxylation sites is 1. The van der Waals surface area contributed by atoms with E-state index in [9.17, 15) is 19.2 Å². The number of amides is 3. The molecule has 3 aromatic rings. The second kappa shape index (κ2) is 6.95. The molecule has 4 N–H and O–H groups in total. The van der Waals surface area contributed by atoms with Gasteiger partial charge in [0.2, 0.25) is 5.13 Å². The minimum atomic E-state index is -0.695. The van der Waals surface area contributed by atoms with E-state index in [4.69, 9.17) is 5.73 Å². The molecule has 1 aliphatic rings. The predicted octanol–water partition coefficient (Wildman–Crippen LogP) is 0.969. The first kappa shape index (κ1) is 18.5. The normalized spacial score (nSPS) is 12.6. The zero-order valence-electron chi connectivity index (χ0n) is 15.1. The van der Waals surface area contributed by atoms with Crippen molar-refractivity contribution < 1.29 is 14.4 Å². The number of nitrogens with one attached hydrogen (secondary N) is 2. The lowest BCUT2D eigenvalue weighted by molar-refractivity contribution is 0.0879. The molecule has 3 heterocycles. The Kier molecular flexibility index (Phi) is 4.43. The highest BCUT2D eigenvalue weighted by Crippen LogP contribution is 2.25. The molecule has 0 atom stereocenters. The van der Waals surface area contributed by atoms with Gasteiger partial charge in [-0.05, 0) is 18.6 Å². The van der Waals surface area contributed by atoms with Crippen molar-refractivity contribution >= 4 is 40.0 Å². The van der Waals surface area contributed by atoms with Crippen molar-refractivity contribution in [3.8, 4) is 5.69 Å². The molecular formula is C18H14N6O4S. The topological polar surface area (TPSA) is 149 Å². The molecule has 0 bridgehead atoms. The van der Waals surface area contributed by atoms with E-state index in [2.05, 4.69) is 20.8 Å². The molecule has 4 rings (SSSR count). The Labute approximate surface area is 167 Å². The molecule has 29 heavy (non-hydrogen) atoms. The number of benzene rings is 1. The molecular weight excluding hydrogens is 396 g/mol. The van der Waals surface area contributed by atoms with Crippen LogP contribution in [0.3, 0.4) is 0 Å².